The third kappa shape index (κ3) is 7.01. The molecule has 23 heavy (non-hydrogen) atoms. The lowest BCUT2D eigenvalue weighted by Gasteiger charge is -2.19. The molecule has 1 amide bonds. The Morgan fingerprint density at radius 2 is 1.74 bits per heavy atom. The van der Waals surface area contributed by atoms with E-state index in [4.69, 9.17) is 4.74 Å². The van der Waals surface area contributed by atoms with E-state index in [0.717, 1.165) is 13.1 Å². The van der Waals surface area contributed by atoms with Gasteiger partial charge in [0.05, 0.1) is 0 Å². The number of likely N-dealkylation sites (N-methyl/N-ethyl adjacent to an activating group) is 2. The normalized spacial score (nSPS) is 11.5. The van der Waals surface area contributed by atoms with Crippen molar-refractivity contribution < 1.29 is 14.3 Å². The number of esters is 1. The number of halogens is 1. The lowest BCUT2D eigenvalue weighted by atomic mass is 9.98. The number of rotatable bonds is 9. The molecule has 0 heterocycles. The van der Waals surface area contributed by atoms with E-state index in [-0.39, 0.29) is 18.3 Å². The van der Waals surface area contributed by atoms with Crippen molar-refractivity contribution in [1.82, 2.24) is 10.2 Å². The molecule has 0 aliphatic carbocycles. The summed E-state index contributed by atoms with van der Waals surface area (Å²) in [7, 11) is 0. The van der Waals surface area contributed by atoms with Crippen molar-refractivity contribution in [3.63, 3.8) is 0 Å². The average Bonchev–Trinajstić information content (AvgIpc) is 2.53. The zero-order chi connectivity index (χ0) is 16.4. The molecule has 0 aliphatic rings. The number of nitrogens with zero attached hydrogens (tertiary/aromatic N) is 1. The Morgan fingerprint density at radius 1 is 1.13 bits per heavy atom. The number of amides is 1. The fraction of sp³-hybridized carbons (Fsp3) is 0.529. The number of hydrogen-bond acceptors (Lipinski definition) is 4. The Hall–Kier alpha value is -1.59. The fourth-order valence-corrected chi connectivity index (χ4v) is 2.21. The van der Waals surface area contributed by atoms with Crippen molar-refractivity contribution in [1.29, 1.82) is 0 Å². The molecule has 0 saturated carbocycles. The van der Waals surface area contributed by atoms with Gasteiger partial charge < -0.3 is 15.0 Å². The lowest BCUT2D eigenvalue weighted by Crippen LogP contribution is -2.36. The molecule has 0 radical (unpaired) electrons. The third-order valence-corrected chi connectivity index (χ3v) is 3.53. The van der Waals surface area contributed by atoms with Crippen molar-refractivity contribution in [3.8, 4) is 0 Å². The van der Waals surface area contributed by atoms with Crippen molar-refractivity contribution in [3.05, 3.63) is 35.9 Å². The molecule has 5 nitrogen and oxygen atoms in total. The summed E-state index contributed by atoms with van der Waals surface area (Å²) >= 11 is 0. The minimum absolute atomic E-state index is 0. The van der Waals surface area contributed by atoms with Crippen LogP contribution in [0.2, 0.25) is 0 Å². The van der Waals surface area contributed by atoms with Crippen LogP contribution < -0.4 is 5.32 Å². The van der Waals surface area contributed by atoms with Crippen LogP contribution in [-0.2, 0) is 14.3 Å². The van der Waals surface area contributed by atoms with Crippen LogP contribution in [0.5, 0.6) is 0 Å². The van der Waals surface area contributed by atoms with Gasteiger partial charge in [0.15, 0.2) is 5.92 Å². The van der Waals surface area contributed by atoms with Crippen LogP contribution in [0.4, 0.5) is 0 Å². The van der Waals surface area contributed by atoms with E-state index < -0.39 is 11.9 Å². The minimum Gasteiger partial charge on any atom is -0.463 e. The molecular formula is C17H27ClN2O3. The Balaban J connectivity index is 0.00000484. The van der Waals surface area contributed by atoms with Crippen LogP contribution in [0, 0.1) is 0 Å². The maximum atomic E-state index is 12.3. The van der Waals surface area contributed by atoms with E-state index in [0.29, 0.717) is 25.3 Å². The van der Waals surface area contributed by atoms with Crippen molar-refractivity contribution in [2.75, 3.05) is 32.8 Å². The van der Waals surface area contributed by atoms with E-state index in [1.54, 1.807) is 12.1 Å². The largest absolute Gasteiger partial charge is 0.463 e. The van der Waals surface area contributed by atoms with Crippen molar-refractivity contribution in [2.45, 2.75) is 26.7 Å². The predicted molar refractivity (Wildman–Crippen MR) is 93.9 cm³/mol. The Morgan fingerprint density at radius 3 is 2.26 bits per heavy atom. The number of carbonyl (C=O) groups excluding carboxylic acids is 2. The highest BCUT2D eigenvalue weighted by Gasteiger charge is 2.29. The van der Waals surface area contributed by atoms with E-state index in [1.165, 1.54) is 0 Å². The number of hydrogen-bond donors (Lipinski definition) is 1. The van der Waals surface area contributed by atoms with E-state index in [9.17, 15) is 9.59 Å². The summed E-state index contributed by atoms with van der Waals surface area (Å²) in [5, 5.41) is 2.70. The van der Waals surface area contributed by atoms with E-state index in [1.807, 2.05) is 25.1 Å². The second-order valence-electron chi connectivity index (χ2n) is 4.93. The molecule has 1 N–H and O–H groups in total. The molecule has 0 aromatic heterocycles. The van der Waals surface area contributed by atoms with Crippen LogP contribution in [-0.4, -0.2) is 49.6 Å². The molecule has 1 rings (SSSR count). The number of benzene rings is 1. The van der Waals surface area contributed by atoms with Crippen molar-refractivity contribution >= 4 is 24.3 Å². The molecule has 0 saturated heterocycles. The van der Waals surface area contributed by atoms with Gasteiger partial charge in [-0.15, -0.1) is 12.4 Å². The lowest BCUT2D eigenvalue weighted by molar-refractivity contribution is -0.149. The fourth-order valence-electron chi connectivity index (χ4n) is 2.21. The van der Waals surface area contributed by atoms with Crippen LogP contribution in [0.25, 0.3) is 0 Å². The highest BCUT2D eigenvalue weighted by molar-refractivity contribution is 6.03. The summed E-state index contributed by atoms with van der Waals surface area (Å²) in [4.78, 5) is 26.7. The van der Waals surface area contributed by atoms with Gasteiger partial charge in [0.1, 0.15) is 6.61 Å². The van der Waals surface area contributed by atoms with Crippen LogP contribution in [0.3, 0.4) is 0 Å². The van der Waals surface area contributed by atoms with Gasteiger partial charge in [-0.05, 0) is 25.6 Å². The predicted octanol–water partition coefficient (Wildman–Crippen LogP) is 2.21. The zero-order valence-corrected chi connectivity index (χ0v) is 14.9. The van der Waals surface area contributed by atoms with E-state index in [2.05, 4.69) is 24.1 Å². The highest BCUT2D eigenvalue weighted by atomic mass is 35.5. The van der Waals surface area contributed by atoms with Gasteiger partial charge in [-0.3, -0.25) is 9.59 Å². The van der Waals surface area contributed by atoms with Crippen LogP contribution >= 0.6 is 12.4 Å². The van der Waals surface area contributed by atoms with Gasteiger partial charge in [-0.2, -0.15) is 0 Å². The van der Waals surface area contributed by atoms with Gasteiger partial charge in [0.2, 0.25) is 5.91 Å². The second-order valence-corrected chi connectivity index (χ2v) is 4.93. The van der Waals surface area contributed by atoms with Gasteiger partial charge in [0.25, 0.3) is 0 Å². The number of nitrogens with one attached hydrogen (secondary N) is 1. The van der Waals surface area contributed by atoms with Gasteiger partial charge >= 0.3 is 5.97 Å². The summed E-state index contributed by atoms with van der Waals surface area (Å²) in [5.41, 5.74) is 0.654. The molecule has 0 bridgehead atoms. The molecule has 1 unspecified atom stereocenters. The zero-order valence-electron chi connectivity index (χ0n) is 14.1. The summed E-state index contributed by atoms with van der Waals surface area (Å²) < 4.78 is 5.32. The smallest absolute Gasteiger partial charge is 0.323 e. The SMILES string of the molecule is CCNC(=O)C(C(=O)OCCN(CC)CC)c1ccccc1.Cl. The molecular weight excluding hydrogens is 316 g/mol. The van der Waals surface area contributed by atoms with Crippen molar-refractivity contribution in [2.24, 2.45) is 0 Å². The first-order valence-corrected chi connectivity index (χ1v) is 7.85. The summed E-state index contributed by atoms with van der Waals surface area (Å²) in [6.45, 7) is 9.22. The summed E-state index contributed by atoms with van der Waals surface area (Å²) in [6, 6.07) is 9.01. The first-order chi connectivity index (χ1) is 10.6. The Kier molecular flexibility index (Phi) is 11.1. The molecule has 1 aromatic carbocycles. The molecule has 130 valence electrons. The molecule has 0 fully saturated rings. The van der Waals surface area contributed by atoms with Gasteiger partial charge in [-0.25, -0.2) is 0 Å². The first kappa shape index (κ1) is 21.4. The summed E-state index contributed by atoms with van der Waals surface area (Å²) in [6.07, 6.45) is 0. The average molecular weight is 343 g/mol. The molecule has 1 aromatic rings. The van der Waals surface area contributed by atoms with Crippen LogP contribution in [0.1, 0.15) is 32.3 Å². The van der Waals surface area contributed by atoms with E-state index >= 15 is 0 Å². The number of carbonyl (C=O) groups is 2. The minimum atomic E-state index is -0.905. The molecule has 0 spiro atoms. The molecule has 0 aliphatic heterocycles. The maximum Gasteiger partial charge on any atom is 0.323 e. The quantitative estimate of drug-likeness (QED) is 0.552. The molecule has 1 atom stereocenters. The standard InChI is InChI=1S/C17H26N2O3.ClH/c1-4-18-16(20)15(14-10-8-7-9-11-14)17(21)22-13-12-19(5-2)6-3;/h7-11,15H,4-6,12-13H2,1-3H3,(H,18,20);1H. The number of ether oxygens (including phenoxy) is 1. The molecule has 6 heteroatoms. The summed E-state index contributed by atoms with van der Waals surface area (Å²) in [5.74, 6) is -1.72. The monoisotopic (exact) mass is 342 g/mol. The third-order valence-electron chi connectivity index (χ3n) is 3.53. The first-order valence-electron chi connectivity index (χ1n) is 7.85. The Labute approximate surface area is 144 Å². The second kappa shape index (κ2) is 11.9. The van der Waals surface area contributed by atoms with Crippen LogP contribution in [0.15, 0.2) is 30.3 Å². The highest BCUT2D eigenvalue weighted by Crippen LogP contribution is 2.17. The van der Waals surface area contributed by atoms with Gasteiger partial charge in [-0.1, -0.05) is 44.2 Å². The topological polar surface area (TPSA) is 58.6 Å². The Bertz CT molecular complexity index is 464. The maximum absolute atomic E-state index is 12.3. The van der Waals surface area contributed by atoms with Gasteiger partial charge in [0, 0.05) is 13.1 Å².